The second-order valence-corrected chi connectivity index (χ2v) is 9.74. The number of ether oxygens (including phenoxy) is 1. The van der Waals surface area contributed by atoms with Gasteiger partial charge in [-0.15, -0.1) is 0 Å². The predicted molar refractivity (Wildman–Crippen MR) is 117 cm³/mol. The maximum absolute atomic E-state index is 13.3. The molecular weight excluding hydrogens is 392 g/mol. The van der Waals surface area contributed by atoms with E-state index in [1.54, 1.807) is 18.3 Å². The Kier molecular flexibility index (Phi) is 5.50. The molecular formula is C25H30N2O4. The van der Waals surface area contributed by atoms with Crippen LogP contribution in [0.25, 0.3) is 0 Å². The molecule has 6 nitrogen and oxygen atoms in total. The first kappa shape index (κ1) is 21.3. The lowest BCUT2D eigenvalue weighted by Gasteiger charge is -2.37. The van der Waals surface area contributed by atoms with E-state index in [-0.39, 0.29) is 29.2 Å². The number of aromatic nitrogens is 1. The number of nitrogens with zero attached hydrogens (tertiary/aromatic N) is 2. The summed E-state index contributed by atoms with van der Waals surface area (Å²) in [5.41, 5.74) is 1.87. The third kappa shape index (κ3) is 4.43. The molecule has 0 spiro atoms. The second-order valence-electron chi connectivity index (χ2n) is 9.74. The highest BCUT2D eigenvalue weighted by molar-refractivity contribution is 5.87. The molecule has 0 bridgehead atoms. The number of carbonyl (C=O) groups excluding carboxylic acids is 1. The normalized spacial score (nSPS) is 22.2. The highest BCUT2D eigenvalue weighted by Crippen LogP contribution is 2.56. The fourth-order valence-electron chi connectivity index (χ4n) is 4.88. The Morgan fingerprint density at radius 2 is 1.87 bits per heavy atom. The number of aromatic carboxylic acids is 1. The zero-order valence-electron chi connectivity index (χ0n) is 18.4. The monoisotopic (exact) mass is 422 g/mol. The molecule has 2 atom stereocenters. The number of hydrogen-bond acceptors (Lipinski definition) is 4. The number of rotatable bonds is 5. The van der Waals surface area contributed by atoms with Gasteiger partial charge in [-0.05, 0) is 82.2 Å². The van der Waals surface area contributed by atoms with Crippen molar-refractivity contribution in [1.82, 2.24) is 9.88 Å². The van der Waals surface area contributed by atoms with E-state index in [0.717, 1.165) is 31.2 Å². The number of hydrogen-bond donors (Lipinski definition) is 1. The quantitative estimate of drug-likeness (QED) is 0.747. The van der Waals surface area contributed by atoms with Crippen LogP contribution in [0.15, 0.2) is 48.8 Å². The van der Waals surface area contributed by atoms with Gasteiger partial charge in [-0.3, -0.25) is 4.98 Å². The van der Waals surface area contributed by atoms with Crippen LogP contribution < -0.4 is 0 Å². The molecule has 6 heteroatoms. The molecule has 1 amide bonds. The van der Waals surface area contributed by atoms with Crippen LogP contribution in [-0.2, 0) is 16.6 Å². The van der Waals surface area contributed by atoms with Crippen molar-refractivity contribution in [1.29, 1.82) is 0 Å². The van der Waals surface area contributed by atoms with Crippen molar-refractivity contribution in [2.75, 3.05) is 0 Å². The van der Waals surface area contributed by atoms with Crippen LogP contribution in [-0.4, -0.2) is 44.7 Å². The molecule has 2 fully saturated rings. The Labute approximate surface area is 183 Å². The van der Waals surface area contributed by atoms with E-state index < -0.39 is 11.6 Å². The third-order valence-corrected chi connectivity index (χ3v) is 6.44. The smallest absolute Gasteiger partial charge is 0.410 e. The van der Waals surface area contributed by atoms with Crippen LogP contribution in [0, 0.1) is 0 Å². The van der Waals surface area contributed by atoms with Crippen LogP contribution in [0.3, 0.4) is 0 Å². The molecule has 1 aromatic heterocycles. The standard InChI is InChI=1S/C25H30N2O4/c1-24(2,3)31-23(30)27-20(15-17-6-8-18(9-7-17)22(28)29)10-11-21(27)25(12-13-25)19-5-4-14-26-16-19/h4-9,14,16,20-21H,10-13,15H2,1-3H3,(H,28,29). The average molecular weight is 423 g/mol. The number of carbonyl (C=O) groups is 2. The zero-order chi connectivity index (χ0) is 22.2. The lowest BCUT2D eigenvalue weighted by molar-refractivity contribution is 0.0110. The van der Waals surface area contributed by atoms with Gasteiger partial charge < -0.3 is 14.7 Å². The number of pyridine rings is 1. The second kappa shape index (κ2) is 7.98. The summed E-state index contributed by atoms with van der Waals surface area (Å²) in [4.78, 5) is 30.8. The topological polar surface area (TPSA) is 79.7 Å². The molecule has 1 saturated carbocycles. The van der Waals surface area contributed by atoms with Gasteiger partial charge in [-0.2, -0.15) is 0 Å². The summed E-state index contributed by atoms with van der Waals surface area (Å²) in [5, 5.41) is 9.15. The number of likely N-dealkylation sites (tertiary alicyclic amines) is 1. The SMILES string of the molecule is CC(C)(C)OC(=O)N1C(Cc2ccc(C(=O)O)cc2)CCC1C1(c2cccnc2)CC1. The summed E-state index contributed by atoms with van der Waals surface area (Å²) in [6.45, 7) is 5.68. The Hall–Kier alpha value is -2.89. The molecule has 2 unspecified atom stereocenters. The molecule has 1 aliphatic heterocycles. The van der Waals surface area contributed by atoms with Gasteiger partial charge in [0.1, 0.15) is 5.60 Å². The summed E-state index contributed by atoms with van der Waals surface area (Å²) in [7, 11) is 0. The summed E-state index contributed by atoms with van der Waals surface area (Å²) < 4.78 is 5.82. The molecule has 2 aromatic rings. The first-order valence-corrected chi connectivity index (χ1v) is 10.9. The third-order valence-electron chi connectivity index (χ3n) is 6.44. The van der Waals surface area contributed by atoms with Crippen LogP contribution in [0.2, 0.25) is 0 Å². The molecule has 1 N–H and O–H groups in total. The van der Waals surface area contributed by atoms with Gasteiger partial charge >= 0.3 is 12.1 Å². The number of carboxylic acids is 1. The van der Waals surface area contributed by atoms with Crippen molar-refractivity contribution >= 4 is 12.1 Å². The molecule has 0 radical (unpaired) electrons. The Morgan fingerprint density at radius 1 is 1.16 bits per heavy atom. The van der Waals surface area contributed by atoms with E-state index >= 15 is 0 Å². The fraction of sp³-hybridized carbons (Fsp3) is 0.480. The number of amides is 1. The van der Waals surface area contributed by atoms with Gasteiger partial charge in [0.15, 0.2) is 0 Å². The number of carboxylic acid groups (broad SMARTS) is 1. The van der Waals surface area contributed by atoms with Gasteiger partial charge in [0.25, 0.3) is 0 Å². The summed E-state index contributed by atoms with van der Waals surface area (Å²) in [5.74, 6) is -0.935. The fourth-order valence-corrected chi connectivity index (χ4v) is 4.88. The molecule has 1 aliphatic carbocycles. The minimum atomic E-state index is -0.935. The van der Waals surface area contributed by atoms with Gasteiger partial charge in [0, 0.05) is 29.9 Å². The van der Waals surface area contributed by atoms with Crippen molar-refractivity contribution in [3.8, 4) is 0 Å². The molecule has 164 valence electrons. The van der Waals surface area contributed by atoms with Gasteiger partial charge in [0.05, 0.1) is 5.56 Å². The van der Waals surface area contributed by atoms with Crippen molar-refractivity contribution in [2.24, 2.45) is 0 Å². The number of benzene rings is 1. The van der Waals surface area contributed by atoms with E-state index in [1.165, 1.54) is 5.56 Å². The maximum Gasteiger partial charge on any atom is 0.410 e. The minimum absolute atomic E-state index is 0.0182. The van der Waals surface area contributed by atoms with Gasteiger partial charge in [-0.25, -0.2) is 9.59 Å². The van der Waals surface area contributed by atoms with Crippen LogP contribution in [0.5, 0.6) is 0 Å². The van der Waals surface area contributed by atoms with Crippen molar-refractivity contribution < 1.29 is 19.4 Å². The Balaban J connectivity index is 1.61. The molecule has 2 aliphatic rings. The van der Waals surface area contributed by atoms with Gasteiger partial charge in [-0.1, -0.05) is 18.2 Å². The van der Waals surface area contributed by atoms with Crippen molar-refractivity contribution in [2.45, 2.75) is 76.0 Å². The van der Waals surface area contributed by atoms with Crippen LogP contribution in [0.4, 0.5) is 4.79 Å². The average Bonchev–Trinajstić information content (AvgIpc) is 3.42. The largest absolute Gasteiger partial charge is 0.478 e. The van der Waals surface area contributed by atoms with Crippen LogP contribution in [0.1, 0.15) is 67.9 Å². The van der Waals surface area contributed by atoms with Crippen molar-refractivity contribution in [3.05, 3.63) is 65.5 Å². The van der Waals surface area contributed by atoms with Crippen LogP contribution >= 0.6 is 0 Å². The molecule has 2 heterocycles. The first-order chi connectivity index (χ1) is 14.7. The minimum Gasteiger partial charge on any atom is -0.478 e. The predicted octanol–water partition coefficient (Wildman–Crippen LogP) is 4.82. The van der Waals surface area contributed by atoms with Gasteiger partial charge in [0.2, 0.25) is 0 Å². The van der Waals surface area contributed by atoms with E-state index in [0.29, 0.717) is 6.42 Å². The zero-order valence-corrected chi connectivity index (χ0v) is 18.4. The summed E-state index contributed by atoms with van der Waals surface area (Å²) >= 11 is 0. The summed E-state index contributed by atoms with van der Waals surface area (Å²) in [6, 6.07) is 11.1. The lowest BCUT2D eigenvalue weighted by atomic mass is 9.87. The highest BCUT2D eigenvalue weighted by Gasteiger charge is 2.57. The Morgan fingerprint density at radius 3 is 2.42 bits per heavy atom. The molecule has 31 heavy (non-hydrogen) atoms. The van der Waals surface area contributed by atoms with E-state index in [1.807, 2.05) is 50.1 Å². The Bertz CT molecular complexity index is 946. The molecule has 4 rings (SSSR count). The summed E-state index contributed by atoms with van der Waals surface area (Å²) in [6.07, 6.45) is 8.03. The first-order valence-electron chi connectivity index (χ1n) is 10.9. The maximum atomic E-state index is 13.3. The van der Waals surface area contributed by atoms with E-state index in [4.69, 9.17) is 9.84 Å². The van der Waals surface area contributed by atoms with E-state index in [9.17, 15) is 9.59 Å². The highest BCUT2D eigenvalue weighted by atomic mass is 16.6. The molecule has 1 saturated heterocycles. The van der Waals surface area contributed by atoms with E-state index in [2.05, 4.69) is 11.1 Å². The lowest BCUT2D eigenvalue weighted by Crippen LogP contribution is -2.49. The van der Waals surface area contributed by atoms with Crippen molar-refractivity contribution in [3.63, 3.8) is 0 Å². The molecule has 1 aromatic carbocycles.